The van der Waals surface area contributed by atoms with E-state index in [2.05, 4.69) is 6.58 Å². The molecule has 0 aromatic heterocycles. The lowest BCUT2D eigenvalue weighted by Crippen LogP contribution is -1.92. The average Bonchev–Trinajstić information content (AvgIpc) is 2.17. The summed E-state index contributed by atoms with van der Waals surface area (Å²) in [4.78, 5) is 0. The van der Waals surface area contributed by atoms with Gasteiger partial charge in [-0.05, 0) is 13.3 Å². The highest BCUT2D eigenvalue weighted by atomic mass is 19.1. The number of alkyl halides is 1. The standard InChI is InChI=1S/C6H9F/c1-4-3-6(4)5(2)7/h5-6H,1,3H2,2H3. The van der Waals surface area contributed by atoms with E-state index in [9.17, 15) is 4.39 Å². The topological polar surface area (TPSA) is 0 Å². The maximum atomic E-state index is 12.1. The largest absolute Gasteiger partial charge is 0.247 e. The summed E-state index contributed by atoms with van der Waals surface area (Å²) in [5, 5.41) is 0. The second-order valence-electron chi connectivity index (χ2n) is 2.15. The Morgan fingerprint density at radius 2 is 2.43 bits per heavy atom. The van der Waals surface area contributed by atoms with E-state index in [4.69, 9.17) is 0 Å². The fourth-order valence-corrected chi connectivity index (χ4v) is 0.711. The molecule has 0 spiro atoms. The summed E-state index contributed by atoms with van der Waals surface area (Å²) in [6.45, 7) is 5.22. The van der Waals surface area contributed by atoms with Crippen LogP contribution in [-0.2, 0) is 0 Å². The van der Waals surface area contributed by atoms with Crippen LogP contribution in [0.1, 0.15) is 13.3 Å². The molecule has 2 unspecified atom stereocenters. The summed E-state index contributed by atoms with van der Waals surface area (Å²) in [6.07, 6.45) is 0.255. The van der Waals surface area contributed by atoms with E-state index in [1.165, 1.54) is 0 Å². The van der Waals surface area contributed by atoms with Gasteiger partial charge in [-0.3, -0.25) is 0 Å². The molecule has 0 radical (unpaired) electrons. The third-order valence-corrected chi connectivity index (χ3v) is 1.40. The van der Waals surface area contributed by atoms with Crippen LogP contribution in [0.2, 0.25) is 0 Å². The van der Waals surface area contributed by atoms with Gasteiger partial charge in [-0.2, -0.15) is 0 Å². The molecule has 1 saturated carbocycles. The minimum atomic E-state index is -0.660. The van der Waals surface area contributed by atoms with Gasteiger partial charge in [-0.1, -0.05) is 12.2 Å². The molecule has 1 fully saturated rings. The summed E-state index contributed by atoms with van der Waals surface area (Å²) in [7, 11) is 0. The van der Waals surface area contributed by atoms with E-state index in [0.717, 1.165) is 12.0 Å². The molecule has 0 aromatic rings. The lowest BCUT2D eigenvalue weighted by Gasteiger charge is -1.90. The highest BCUT2D eigenvalue weighted by Crippen LogP contribution is 2.39. The van der Waals surface area contributed by atoms with Gasteiger partial charge in [0.15, 0.2) is 0 Å². The van der Waals surface area contributed by atoms with E-state index in [1.54, 1.807) is 6.92 Å². The Balaban J connectivity index is 2.33. The first-order valence-corrected chi connectivity index (χ1v) is 2.53. The maximum Gasteiger partial charge on any atom is 0.104 e. The van der Waals surface area contributed by atoms with Gasteiger partial charge in [0, 0.05) is 5.92 Å². The Morgan fingerprint density at radius 1 is 2.00 bits per heavy atom. The SMILES string of the molecule is C=C1CC1C(C)F. The Morgan fingerprint density at radius 3 is 2.43 bits per heavy atom. The van der Waals surface area contributed by atoms with Gasteiger partial charge in [0.2, 0.25) is 0 Å². The van der Waals surface area contributed by atoms with E-state index >= 15 is 0 Å². The molecule has 0 bridgehead atoms. The van der Waals surface area contributed by atoms with Gasteiger partial charge < -0.3 is 0 Å². The normalized spacial score (nSPS) is 32.9. The average molecular weight is 100 g/mol. The van der Waals surface area contributed by atoms with Crippen LogP contribution in [0.5, 0.6) is 0 Å². The van der Waals surface area contributed by atoms with Gasteiger partial charge in [-0.25, -0.2) is 4.39 Å². The van der Waals surface area contributed by atoms with Crippen molar-refractivity contribution in [1.29, 1.82) is 0 Å². The molecule has 7 heavy (non-hydrogen) atoms. The van der Waals surface area contributed by atoms with Crippen LogP contribution >= 0.6 is 0 Å². The number of allylic oxidation sites excluding steroid dienone is 1. The van der Waals surface area contributed by atoms with Crippen molar-refractivity contribution in [1.82, 2.24) is 0 Å². The van der Waals surface area contributed by atoms with Gasteiger partial charge in [0.1, 0.15) is 6.17 Å². The minimum absolute atomic E-state index is 0.208. The molecule has 1 aliphatic rings. The summed E-state index contributed by atoms with van der Waals surface area (Å²) in [5.74, 6) is 0.208. The smallest absolute Gasteiger partial charge is 0.104 e. The summed E-state index contributed by atoms with van der Waals surface area (Å²) < 4.78 is 12.1. The number of rotatable bonds is 1. The van der Waals surface area contributed by atoms with Crippen LogP contribution in [0.3, 0.4) is 0 Å². The second-order valence-corrected chi connectivity index (χ2v) is 2.15. The number of halogens is 1. The highest BCUT2D eigenvalue weighted by Gasteiger charge is 2.32. The molecular weight excluding hydrogens is 91.1 g/mol. The van der Waals surface area contributed by atoms with Crippen LogP contribution in [0, 0.1) is 5.92 Å². The quantitative estimate of drug-likeness (QED) is 0.441. The Hall–Kier alpha value is -0.330. The monoisotopic (exact) mass is 100 g/mol. The molecule has 0 amide bonds. The zero-order chi connectivity index (χ0) is 5.44. The van der Waals surface area contributed by atoms with Gasteiger partial charge >= 0.3 is 0 Å². The van der Waals surface area contributed by atoms with Gasteiger partial charge in [-0.15, -0.1) is 0 Å². The van der Waals surface area contributed by atoms with Gasteiger partial charge in [0.25, 0.3) is 0 Å². The summed E-state index contributed by atoms with van der Waals surface area (Å²) in [6, 6.07) is 0. The van der Waals surface area contributed by atoms with E-state index < -0.39 is 6.17 Å². The predicted octanol–water partition coefficient (Wildman–Crippen LogP) is 1.92. The van der Waals surface area contributed by atoms with Crippen molar-refractivity contribution in [2.75, 3.05) is 0 Å². The molecule has 0 N–H and O–H groups in total. The van der Waals surface area contributed by atoms with Gasteiger partial charge in [0.05, 0.1) is 0 Å². The molecule has 0 heterocycles. The Bertz CT molecular complexity index is 94.4. The lowest BCUT2D eigenvalue weighted by atomic mass is 10.3. The Kier molecular flexibility index (Phi) is 0.911. The third kappa shape index (κ3) is 0.817. The van der Waals surface area contributed by atoms with Crippen molar-refractivity contribution < 1.29 is 4.39 Å². The third-order valence-electron chi connectivity index (χ3n) is 1.40. The van der Waals surface area contributed by atoms with Crippen LogP contribution in [0.4, 0.5) is 4.39 Å². The van der Waals surface area contributed by atoms with E-state index in [0.29, 0.717) is 0 Å². The molecule has 0 aliphatic heterocycles. The summed E-state index contributed by atoms with van der Waals surface area (Å²) >= 11 is 0. The van der Waals surface area contributed by atoms with Crippen molar-refractivity contribution in [3.63, 3.8) is 0 Å². The van der Waals surface area contributed by atoms with Crippen molar-refractivity contribution in [3.05, 3.63) is 12.2 Å². The fourth-order valence-electron chi connectivity index (χ4n) is 0.711. The molecule has 0 saturated heterocycles. The number of hydrogen-bond donors (Lipinski definition) is 0. The molecule has 1 aliphatic carbocycles. The van der Waals surface area contributed by atoms with Crippen molar-refractivity contribution in [2.45, 2.75) is 19.5 Å². The molecule has 40 valence electrons. The zero-order valence-electron chi connectivity index (χ0n) is 4.45. The maximum absolute atomic E-state index is 12.1. The first kappa shape index (κ1) is 4.82. The van der Waals surface area contributed by atoms with E-state index in [-0.39, 0.29) is 5.92 Å². The fraction of sp³-hybridized carbons (Fsp3) is 0.667. The Labute approximate surface area is 43.0 Å². The molecule has 0 nitrogen and oxygen atoms in total. The number of hydrogen-bond acceptors (Lipinski definition) is 0. The highest BCUT2D eigenvalue weighted by molar-refractivity contribution is 5.20. The molecule has 1 rings (SSSR count). The summed E-state index contributed by atoms with van der Waals surface area (Å²) in [5.41, 5.74) is 1.08. The van der Waals surface area contributed by atoms with Crippen LogP contribution < -0.4 is 0 Å². The predicted molar refractivity (Wildman–Crippen MR) is 27.8 cm³/mol. The van der Waals surface area contributed by atoms with Crippen molar-refractivity contribution in [3.8, 4) is 0 Å². The minimum Gasteiger partial charge on any atom is -0.247 e. The lowest BCUT2D eigenvalue weighted by molar-refractivity contribution is 0.331. The van der Waals surface area contributed by atoms with Crippen LogP contribution in [-0.4, -0.2) is 6.17 Å². The van der Waals surface area contributed by atoms with Crippen LogP contribution in [0.15, 0.2) is 12.2 Å². The molecule has 0 aromatic carbocycles. The first-order valence-electron chi connectivity index (χ1n) is 2.53. The second kappa shape index (κ2) is 1.32. The van der Waals surface area contributed by atoms with Crippen molar-refractivity contribution in [2.24, 2.45) is 5.92 Å². The molecule has 1 heteroatoms. The van der Waals surface area contributed by atoms with Crippen molar-refractivity contribution >= 4 is 0 Å². The van der Waals surface area contributed by atoms with E-state index in [1.807, 2.05) is 0 Å². The first-order chi connectivity index (χ1) is 3.22. The molecule has 2 atom stereocenters. The molecular formula is C6H9F. The van der Waals surface area contributed by atoms with Crippen LogP contribution in [0.25, 0.3) is 0 Å². The zero-order valence-corrected chi connectivity index (χ0v) is 4.45.